The topological polar surface area (TPSA) is 55.1 Å². The van der Waals surface area contributed by atoms with Crippen molar-refractivity contribution in [1.82, 2.24) is 0 Å². The molecule has 1 aromatic carbocycles. The molecule has 114 valence electrons. The highest BCUT2D eigenvalue weighted by atomic mass is 16.1. The van der Waals surface area contributed by atoms with Crippen molar-refractivity contribution in [1.29, 1.82) is 0 Å². The third-order valence-electron chi connectivity index (χ3n) is 3.40. The van der Waals surface area contributed by atoms with E-state index in [9.17, 15) is 4.79 Å². The number of carbonyl (C=O) groups is 1. The Kier molecular flexibility index (Phi) is 7.56. The summed E-state index contributed by atoms with van der Waals surface area (Å²) in [5.41, 5.74) is 8.17. The Hall–Kier alpha value is -1.79. The molecule has 3 heteroatoms. The van der Waals surface area contributed by atoms with E-state index >= 15 is 0 Å². The Balaban J connectivity index is 2.92. The largest absolute Gasteiger partial charge is 0.325 e. The molecule has 0 spiro atoms. The summed E-state index contributed by atoms with van der Waals surface area (Å²) in [6.45, 7) is 6.55. The van der Waals surface area contributed by atoms with Crippen LogP contribution in [0.3, 0.4) is 0 Å². The van der Waals surface area contributed by atoms with Crippen molar-refractivity contribution in [3.8, 4) is 11.8 Å². The molecular formula is C18H26N2O. The van der Waals surface area contributed by atoms with Gasteiger partial charge < -0.3 is 11.1 Å². The molecule has 0 radical (unpaired) electrons. The van der Waals surface area contributed by atoms with Crippen LogP contribution in [0.25, 0.3) is 0 Å². The summed E-state index contributed by atoms with van der Waals surface area (Å²) >= 11 is 0. The second-order valence-electron chi connectivity index (χ2n) is 5.32. The lowest BCUT2D eigenvalue weighted by Crippen LogP contribution is -2.23. The molecule has 21 heavy (non-hydrogen) atoms. The number of nitrogens with two attached hydrogens (primary N) is 1. The molecular weight excluding hydrogens is 260 g/mol. The van der Waals surface area contributed by atoms with Gasteiger partial charge in [-0.3, -0.25) is 4.79 Å². The monoisotopic (exact) mass is 286 g/mol. The summed E-state index contributed by atoms with van der Waals surface area (Å²) in [5, 5.41) is 3.03. The average Bonchev–Trinajstić information content (AvgIpc) is 2.47. The second kappa shape index (κ2) is 9.20. The standard InChI is InChI=1S/C18H26N2O/c1-4-7-15(8-5-2)18(21)20-17-11-10-14(3)13-16(17)9-6-12-19/h10-11,13,15H,4-5,7-8,12,19H2,1-3H3,(H,20,21). The van der Waals surface area contributed by atoms with Gasteiger partial charge in [-0.2, -0.15) is 0 Å². The van der Waals surface area contributed by atoms with E-state index in [0.29, 0.717) is 6.54 Å². The summed E-state index contributed by atoms with van der Waals surface area (Å²) in [6, 6.07) is 5.88. The summed E-state index contributed by atoms with van der Waals surface area (Å²) in [5.74, 6) is 6.06. The normalized spacial score (nSPS) is 10.1. The highest BCUT2D eigenvalue weighted by Gasteiger charge is 2.17. The Morgan fingerprint density at radius 3 is 2.52 bits per heavy atom. The number of aryl methyl sites for hydroxylation is 1. The van der Waals surface area contributed by atoms with Crippen LogP contribution in [-0.4, -0.2) is 12.5 Å². The van der Waals surface area contributed by atoms with Gasteiger partial charge in [0.2, 0.25) is 5.91 Å². The highest BCUT2D eigenvalue weighted by molar-refractivity contribution is 5.93. The first-order chi connectivity index (χ1) is 10.1. The Bertz CT molecular complexity index is 520. The van der Waals surface area contributed by atoms with Gasteiger partial charge in [-0.05, 0) is 37.5 Å². The van der Waals surface area contributed by atoms with E-state index in [1.807, 2.05) is 25.1 Å². The maximum atomic E-state index is 12.4. The summed E-state index contributed by atoms with van der Waals surface area (Å²) in [7, 11) is 0. The molecule has 0 saturated heterocycles. The fourth-order valence-electron chi connectivity index (χ4n) is 2.36. The third kappa shape index (κ3) is 5.61. The van der Waals surface area contributed by atoms with Crippen molar-refractivity contribution < 1.29 is 4.79 Å². The van der Waals surface area contributed by atoms with E-state index in [1.165, 1.54) is 0 Å². The molecule has 0 saturated carbocycles. The number of amides is 1. The lowest BCUT2D eigenvalue weighted by Gasteiger charge is -2.16. The van der Waals surface area contributed by atoms with Crippen molar-refractivity contribution in [3.63, 3.8) is 0 Å². The maximum absolute atomic E-state index is 12.4. The highest BCUT2D eigenvalue weighted by Crippen LogP contribution is 2.20. The van der Waals surface area contributed by atoms with E-state index in [4.69, 9.17) is 5.73 Å². The minimum absolute atomic E-state index is 0.0802. The van der Waals surface area contributed by atoms with Crippen molar-refractivity contribution in [2.45, 2.75) is 46.5 Å². The van der Waals surface area contributed by atoms with E-state index in [2.05, 4.69) is 31.0 Å². The fraction of sp³-hybridized carbons (Fsp3) is 0.500. The van der Waals surface area contributed by atoms with E-state index in [-0.39, 0.29) is 11.8 Å². The van der Waals surface area contributed by atoms with Crippen molar-refractivity contribution in [3.05, 3.63) is 29.3 Å². The van der Waals surface area contributed by atoms with E-state index < -0.39 is 0 Å². The van der Waals surface area contributed by atoms with Crippen LogP contribution in [0.15, 0.2) is 18.2 Å². The van der Waals surface area contributed by atoms with Crippen LogP contribution < -0.4 is 11.1 Å². The van der Waals surface area contributed by atoms with Crippen molar-refractivity contribution in [2.24, 2.45) is 11.7 Å². The van der Waals surface area contributed by atoms with Crippen LogP contribution in [0.5, 0.6) is 0 Å². The summed E-state index contributed by atoms with van der Waals surface area (Å²) in [4.78, 5) is 12.4. The number of carbonyl (C=O) groups excluding carboxylic acids is 1. The second-order valence-corrected chi connectivity index (χ2v) is 5.32. The van der Waals surface area contributed by atoms with Crippen LogP contribution in [-0.2, 0) is 4.79 Å². The molecule has 3 N–H and O–H groups in total. The minimum Gasteiger partial charge on any atom is -0.325 e. The molecule has 0 aliphatic rings. The maximum Gasteiger partial charge on any atom is 0.227 e. The number of hydrogen-bond donors (Lipinski definition) is 2. The van der Waals surface area contributed by atoms with E-state index in [0.717, 1.165) is 42.5 Å². The Morgan fingerprint density at radius 1 is 1.29 bits per heavy atom. The first-order valence-electron chi connectivity index (χ1n) is 7.72. The predicted molar refractivity (Wildman–Crippen MR) is 89.0 cm³/mol. The van der Waals surface area contributed by atoms with Crippen LogP contribution in [0.1, 0.15) is 50.7 Å². The zero-order chi connectivity index (χ0) is 15.7. The average molecular weight is 286 g/mol. The molecule has 0 aromatic heterocycles. The van der Waals surface area contributed by atoms with Gasteiger partial charge in [-0.25, -0.2) is 0 Å². The number of hydrogen-bond acceptors (Lipinski definition) is 2. The SMILES string of the molecule is CCCC(CCC)C(=O)Nc1ccc(C)cc1C#CCN. The Morgan fingerprint density at radius 2 is 1.95 bits per heavy atom. The first-order valence-corrected chi connectivity index (χ1v) is 7.72. The molecule has 3 nitrogen and oxygen atoms in total. The number of nitrogens with one attached hydrogen (secondary N) is 1. The van der Waals surface area contributed by atoms with Gasteiger partial charge in [0, 0.05) is 11.5 Å². The van der Waals surface area contributed by atoms with Crippen LogP contribution in [0, 0.1) is 24.7 Å². The quantitative estimate of drug-likeness (QED) is 0.787. The molecule has 1 amide bonds. The van der Waals surface area contributed by atoms with Gasteiger partial charge in [0.25, 0.3) is 0 Å². The molecule has 0 aliphatic heterocycles. The van der Waals surface area contributed by atoms with Crippen LogP contribution in [0.4, 0.5) is 5.69 Å². The van der Waals surface area contributed by atoms with Gasteiger partial charge in [-0.1, -0.05) is 44.6 Å². The zero-order valence-corrected chi connectivity index (χ0v) is 13.3. The number of anilines is 1. The minimum atomic E-state index is 0.0802. The van der Waals surface area contributed by atoms with Gasteiger partial charge >= 0.3 is 0 Å². The molecule has 0 heterocycles. The van der Waals surface area contributed by atoms with Gasteiger partial charge in [0.05, 0.1) is 12.2 Å². The Labute approximate surface area is 128 Å². The lowest BCUT2D eigenvalue weighted by atomic mass is 9.97. The van der Waals surface area contributed by atoms with E-state index in [1.54, 1.807) is 0 Å². The molecule has 0 fully saturated rings. The van der Waals surface area contributed by atoms with Crippen molar-refractivity contribution >= 4 is 11.6 Å². The lowest BCUT2D eigenvalue weighted by molar-refractivity contribution is -0.120. The van der Waals surface area contributed by atoms with Crippen molar-refractivity contribution in [2.75, 3.05) is 11.9 Å². The molecule has 1 aromatic rings. The smallest absolute Gasteiger partial charge is 0.227 e. The zero-order valence-electron chi connectivity index (χ0n) is 13.3. The molecule has 0 unspecified atom stereocenters. The molecule has 0 aliphatic carbocycles. The summed E-state index contributed by atoms with van der Waals surface area (Å²) < 4.78 is 0. The fourth-order valence-corrected chi connectivity index (χ4v) is 2.36. The molecule has 0 bridgehead atoms. The third-order valence-corrected chi connectivity index (χ3v) is 3.40. The van der Waals surface area contributed by atoms with Gasteiger partial charge in [-0.15, -0.1) is 0 Å². The number of rotatable bonds is 6. The van der Waals surface area contributed by atoms with Gasteiger partial charge in [0.15, 0.2) is 0 Å². The van der Waals surface area contributed by atoms with Crippen LogP contribution >= 0.6 is 0 Å². The first kappa shape index (κ1) is 17.3. The van der Waals surface area contributed by atoms with Crippen LogP contribution in [0.2, 0.25) is 0 Å². The van der Waals surface area contributed by atoms with Gasteiger partial charge in [0.1, 0.15) is 0 Å². The number of benzene rings is 1. The molecule has 0 atom stereocenters. The molecule has 1 rings (SSSR count). The summed E-state index contributed by atoms with van der Waals surface area (Å²) in [6.07, 6.45) is 3.89. The predicted octanol–water partition coefficient (Wildman–Crippen LogP) is 3.46.